The van der Waals surface area contributed by atoms with Crippen LogP contribution in [0.1, 0.15) is 16.8 Å². The molecule has 112 valence electrons. The number of sulfonamides is 1. The average Bonchev–Trinajstić information content (AvgIpc) is 2.50. The fraction of sp³-hybridized carbons (Fsp3) is 0.286. The summed E-state index contributed by atoms with van der Waals surface area (Å²) in [5, 5.41) is 8.50. The molecule has 1 aromatic carbocycles. The molecule has 0 aliphatic rings. The van der Waals surface area contributed by atoms with E-state index in [1.54, 1.807) is 7.05 Å². The average molecular weight is 307 g/mol. The van der Waals surface area contributed by atoms with Gasteiger partial charge in [0.15, 0.2) is 0 Å². The van der Waals surface area contributed by atoms with Gasteiger partial charge in [0.25, 0.3) is 5.91 Å². The summed E-state index contributed by atoms with van der Waals surface area (Å²) in [6.07, 6.45) is 1.69. The zero-order valence-corrected chi connectivity index (χ0v) is 12.6. The van der Waals surface area contributed by atoms with Gasteiger partial charge in [-0.3, -0.25) is 4.79 Å². The van der Waals surface area contributed by atoms with Crippen LogP contribution in [0.4, 0.5) is 0 Å². The Morgan fingerprint density at radius 1 is 1.43 bits per heavy atom. The molecule has 7 heteroatoms. The van der Waals surface area contributed by atoms with E-state index < -0.39 is 10.0 Å². The summed E-state index contributed by atoms with van der Waals surface area (Å²) in [5.74, 6) is -0.256. The van der Waals surface area contributed by atoms with Crippen molar-refractivity contribution in [3.63, 3.8) is 0 Å². The van der Waals surface area contributed by atoms with Crippen LogP contribution in [0.3, 0.4) is 0 Å². The van der Waals surface area contributed by atoms with Crippen LogP contribution in [0.25, 0.3) is 0 Å². The number of benzene rings is 1. The van der Waals surface area contributed by atoms with Crippen LogP contribution in [-0.4, -0.2) is 39.4 Å². The van der Waals surface area contributed by atoms with Gasteiger partial charge in [0.2, 0.25) is 10.0 Å². The Balaban J connectivity index is 2.85. The first-order valence-electron chi connectivity index (χ1n) is 6.25. The number of carbonyl (C=O) groups is 1. The van der Waals surface area contributed by atoms with E-state index in [9.17, 15) is 13.2 Å². The number of hydrogen-bond donors (Lipinski definition) is 1. The number of rotatable bonds is 7. The minimum Gasteiger partial charge on any atom is -0.341 e. The SMILES string of the molecule is C=CCNS(=O)(=O)c1ccc(C(=O)N(C)CCC#N)cc1. The number of hydrogen-bond acceptors (Lipinski definition) is 4. The van der Waals surface area contributed by atoms with Crippen molar-refractivity contribution in [2.75, 3.05) is 20.1 Å². The Morgan fingerprint density at radius 2 is 2.05 bits per heavy atom. The first-order valence-corrected chi connectivity index (χ1v) is 7.73. The number of nitrogens with one attached hydrogen (secondary N) is 1. The normalized spacial score (nSPS) is 10.7. The molecule has 6 nitrogen and oxygen atoms in total. The summed E-state index contributed by atoms with van der Waals surface area (Å²) in [6, 6.07) is 7.61. The molecule has 1 N–H and O–H groups in total. The summed E-state index contributed by atoms with van der Waals surface area (Å²) < 4.78 is 26.1. The molecule has 1 aromatic rings. The fourth-order valence-corrected chi connectivity index (χ4v) is 2.57. The lowest BCUT2D eigenvalue weighted by Gasteiger charge is -2.15. The Morgan fingerprint density at radius 3 is 2.57 bits per heavy atom. The lowest BCUT2D eigenvalue weighted by Crippen LogP contribution is -2.27. The van der Waals surface area contributed by atoms with Crippen molar-refractivity contribution in [3.8, 4) is 6.07 Å². The highest BCUT2D eigenvalue weighted by molar-refractivity contribution is 7.89. The molecule has 0 heterocycles. The molecule has 21 heavy (non-hydrogen) atoms. The van der Waals surface area contributed by atoms with Crippen LogP contribution in [0.5, 0.6) is 0 Å². The van der Waals surface area contributed by atoms with Gasteiger partial charge in [0, 0.05) is 25.7 Å². The molecule has 0 bridgehead atoms. The van der Waals surface area contributed by atoms with Crippen LogP contribution in [0, 0.1) is 11.3 Å². The molecule has 0 aliphatic heterocycles. The highest BCUT2D eigenvalue weighted by atomic mass is 32.2. The second kappa shape index (κ2) is 7.57. The van der Waals surface area contributed by atoms with Gasteiger partial charge in [-0.15, -0.1) is 6.58 Å². The van der Waals surface area contributed by atoms with E-state index >= 15 is 0 Å². The molecule has 0 spiro atoms. The molecule has 0 aromatic heterocycles. The Labute approximate surface area is 124 Å². The van der Waals surface area contributed by atoms with E-state index in [1.165, 1.54) is 35.2 Å². The van der Waals surface area contributed by atoms with Gasteiger partial charge in [-0.25, -0.2) is 13.1 Å². The maximum atomic E-state index is 12.0. The van der Waals surface area contributed by atoms with E-state index in [1.807, 2.05) is 6.07 Å². The topological polar surface area (TPSA) is 90.3 Å². The Hall–Kier alpha value is -2.17. The molecule has 0 saturated heterocycles. The summed E-state index contributed by atoms with van der Waals surface area (Å²) in [4.78, 5) is 13.5. The highest BCUT2D eigenvalue weighted by Gasteiger charge is 2.15. The molecule has 0 unspecified atom stereocenters. The van der Waals surface area contributed by atoms with Crippen LogP contribution in [-0.2, 0) is 10.0 Å². The number of carbonyl (C=O) groups excluding carboxylic acids is 1. The zero-order chi connectivity index (χ0) is 15.9. The van der Waals surface area contributed by atoms with Crippen molar-refractivity contribution in [3.05, 3.63) is 42.5 Å². The third-order valence-electron chi connectivity index (χ3n) is 2.73. The van der Waals surface area contributed by atoms with Gasteiger partial charge in [-0.1, -0.05) is 6.08 Å². The standard InChI is InChI=1S/C14H17N3O3S/c1-3-10-16-21(19,20)13-7-5-12(6-8-13)14(18)17(2)11-4-9-15/h3,5-8,16H,1,4,10-11H2,2H3. The van der Waals surface area contributed by atoms with Crippen molar-refractivity contribution < 1.29 is 13.2 Å². The first-order chi connectivity index (χ1) is 9.92. The molecule has 0 saturated carbocycles. The van der Waals surface area contributed by atoms with E-state index in [0.717, 1.165) is 0 Å². The second-order valence-electron chi connectivity index (χ2n) is 4.30. The largest absolute Gasteiger partial charge is 0.341 e. The van der Waals surface area contributed by atoms with Crippen molar-refractivity contribution >= 4 is 15.9 Å². The third-order valence-corrected chi connectivity index (χ3v) is 4.17. The number of nitrogens with zero attached hydrogens (tertiary/aromatic N) is 2. The minimum atomic E-state index is -3.59. The van der Waals surface area contributed by atoms with Gasteiger partial charge < -0.3 is 4.90 Å². The highest BCUT2D eigenvalue weighted by Crippen LogP contribution is 2.12. The molecule has 0 atom stereocenters. The Bertz CT molecular complexity index is 645. The lowest BCUT2D eigenvalue weighted by atomic mass is 10.2. The maximum Gasteiger partial charge on any atom is 0.253 e. The van der Waals surface area contributed by atoms with E-state index in [-0.39, 0.29) is 23.8 Å². The van der Waals surface area contributed by atoms with Crippen molar-refractivity contribution in [1.29, 1.82) is 5.26 Å². The maximum absolute atomic E-state index is 12.0. The summed E-state index contributed by atoms with van der Waals surface area (Å²) in [5.41, 5.74) is 0.373. The fourth-order valence-electron chi connectivity index (χ4n) is 1.57. The predicted molar refractivity (Wildman–Crippen MR) is 79.0 cm³/mol. The third kappa shape index (κ3) is 4.70. The molecule has 0 aliphatic carbocycles. The summed E-state index contributed by atoms with van der Waals surface area (Å²) >= 11 is 0. The van der Waals surface area contributed by atoms with Gasteiger partial charge in [0.1, 0.15) is 0 Å². The van der Waals surface area contributed by atoms with E-state index in [2.05, 4.69) is 11.3 Å². The van der Waals surface area contributed by atoms with Crippen LogP contribution < -0.4 is 4.72 Å². The number of amides is 1. The van der Waals surface area contributed by atoms with E-state index in [4.69, 9.17) is 5.26 Å². The van der Waals surface area contributed by atoms with Crippen LogP contribution in [0.2, 0.25) is 0 Å². The smallest absolute Gasteiger partial charge is 0.253 e. The molecule has 1 rings (SSSR count). The van der Waals surface area contributed by atoms with Gasteiger partial charge >= 0.3 is 0 Å². The molecular formula is C14H17N3O3S. The second-order valence-corrected chi connectivity index (χ2v) is 6.07. The number of nitriles is 1. The quantitative estimate of drug-likeness (QED) is 0.765. The summed E-state index contributed by atoms with van der Waals surface area (Å²) in [6.45, 7) is 3.91. The molecule has 0 fully saturated rings. The molecule has 1 amide bonds. The monoisotopic (exact) mass is 307 g/mol. The van der Waals surface area contributed by atoms with Crippen molar-refractivity contribution in [2.45, 2.75) is 11.3 Å². The zero-order valence-electron chi connectivity index (χ0n) is 11.7. The molecule has 0 radical (unpaired) electrons. The molecular weight excluding hydrogens is 290 g/mol. The minimum absolute atomic E-state index is 0.0839. The van der Waals surface area contributed by atoms with Crippen molar-refractivity contribution in [2.24, 2.45) is 0 Å². The van der Waals surface area contributed by atoms with Crippen LogP contribution in [0.15, 0.2) is 41.8 Å². The first kappa shape index (κ1) is 16.9. The van der Waals surface area contributed by atoms with Gasteiger partial charge in [0.05, 0.1) is 17.4 Å². The lowest BCUT2D eigenvalue weighted by molar-refractivity contribution is 0.0798. The van der Waals surface area contributed by atoms with Gasteiger partial charge in [-0.2, -0.15) is 5.26 Å². The Kier molecular flexibility index (Phi) is 6.09. The van der Waals surface area contributed by atoms with Crippen LogP contribution >= 0.6 is 0 Å². The predicted octanol–water partition coefficient (Wildman–Crippen LogP) is 1.14. The van der Waals surface area contributed by atoms with E-state index in [0.29, 0.717) is 12.1 Å². The van der Waals surface area contributed by atoms with Crippen molar-refractivity contribution in [1.82, 2.24) is 9.62 Å². The summed E-state index contributed by atoms with van der Waals surface area (Å²) in [7, 11) is -2.00. The van der Waals surface area contributed by atoms with Gasteiger partial charge in [-0.05, 0) is 24.3 Å².